The topological polar surface area (TPSA) is 85.0 Å². The summed E-state index contributed by atoms with van der Waals surface area (Å²) in [7, 11) is 1.68. The fourth-order valence-corrected chi connectivity index (χ4v) is 1.87. The third kappa shape index (κ3) is 2.30. The van der Waals surface area contributed by atoms with Gasteiger partial charge in [0.15, 0.2) is 0 Å². The van der Waals surface area contributed by atoms with E-state index in [1.165, 1.54) is 10.9 Å². The first kappa shape index (κ1) is 10.9. The lowest BCUT2D eigenvalue weighted by molar-refractivity contribution is -0.384. The van der Waals surface area contributed by atoms with Crippen LogP contribution in [-0.2, 0) is 7.05 Å². The van der Waals surface area contributed by atoms with E-state index in [1.54, 1.807) is 7.05 Å². The highest BCUT2D eigenvalue weighted by Crippen LogP contribution is 2.22. The van der Waals surface area contributed by atoms with E-state index in [2.05, 4.69) is 15.7 Å². The summed E-state index contributed by atoms with van der Waals surface area (Å²) in [5.41, 5.74) is 0.0356. The van der Waals surface area contributed by atoms with E-state index in [-0.39, 0.29) is 5.69 Å². The van der Waals surface area contributed by atoms with E-state index in [1.807, 2.05) is 0 Å². The number of aromatic nitrogens is 2. The van der Waals surface area contributed by atoms with Crippen LogP contribution in [0.1, 0.15) is 6.42 Å². The second kappa shape index (κ2) is 4.48. The molecule has 7 heteroatoms. The number of anilines is 1. The molecule has 7 nitrogen and oxygen atoms in total. The predicted octanol–water partition coefficient (Wildman–Crippen LogP) is 0.350. The van der Waals surface area contributed by atoms with Crippen molar-refractivity contribution in [2.75, 3.05) is 25.0 Å². The molecule has 0 aliphatic carbocycles. The van der Waals surface area contributed by atoms with Crippen molar-refractivity contribution in [2.24, 2.45) is 13.0 Å². The molecule has 2 N–H and O–H groups in total. The van der Waals surface area contributed by atoms with Crippen LogP contribution in [0.3, 0.4) is 0 Å². The van der Waals surface area contributed by atoms with Gasteiger partial charge in [-0.15, -0.1) is 5.10 Å². The van der Waals surface area contributed by atoms with Crippen molar-refractivity contribution in [1.29, 1.82) is 0 Å². The molecule has 1 saturated heterocycles. The van der Waals surface area contributed by atoms with Crippen LogP contribution in [0.5, 0.6) is 0 Å². The Morgan fingerprint density at radius 1 is 1.81 bits per heavy atom. The van der Waals surface area contributed by atoms with Crippen molar-refractivity contribution in [1.82, 2.24) is 15.1 Å². The minimum atomic E-state index is -0.414. The molecule has 1 aliphatic heterocycles. The van der Waals surface area contributed by atoms with Crippen LogP contribution >= 0.6 is 0 Å². The van der Waals surface area contributed by atoms with Gasteiger partial charge in [0, 0.05) is 13.6 Å². The minimum Gasteiger partial charge on any atom is -0.363 e. The van der Waals surface area contributed by atoms with E-state index < -0.39 is 4.92 Å². The Morgan fingerprint density at radius 3 is 3.25 bits per heavy atom. The fraction of sp³-hybridized carbons (Fsp3) is 0.667. The summed E-state index contributed by atoms with van der Waals surface area (Å²) in [6.07, 6.45) is 2.52. The fourth-order valence-electron chi connectivity index (χ4n) is 1.87. The summed E-state index contributed by atoms with van der Waals surface area (Å²) in [6, 6.07) is 0. The lowest BCUT2D eigenvalue weighted by Crippen LogP contribution is -2.17. The normalized spacial score (nSPS) is 19.9. The van der Waals surface area contributed by atoms with Gasteiger partial charge in [-0.05, 0) is 25.4 Å². The van der Waals surface area contributed by atoms with Gasteiger partial charge in [0.25, 0.3) is 0 Å². The molecule has 2 rings (SSSR count). The van der Waals surface area contributed by atoms with Crippen molar-refractivity contribution in [3.63, 3.8) is 0 Å². The molecule has 0 spiro atoms. The van der Waals surface area contributed by atoms with Crippen LogP contribution in [0, 0.1) is 16.0 Å². The Balaban J connectivity index is 1.99. The van der Waals surface area contributed by atoms with E-state index >= 15 is 0 Å². The summed E-state index contributed by atoms with van der Waals surface area (Å²) in [5.74, 6) is 0.890. The Bertz CT molecular complexity index is 383. The smallest absolute Gasteiger partial charge is 0.330 e. The van der Waals surface area contributed by atoms with Gasteiger partial charge in [0.2, 0.25) is 5.82 Å². The van der Waals surface area contributed by atoms with E-state index in [0.29, 0.717) is 11.7 Å². The van der Waals surface area contributed by atoms with Gasteiger partial charge in [0.05, 0.1) is 4.92 Å². The lowest BCUT2D eigenvalue weighted by Gasteiger charge is -2.08. The predicted molar refractivity (Wildman–Crippen MR) is 59.3 cm³/mol. The van der Waals surface area contributed by atoms with Gasteiger partial charge in [0.1, 0.15) is 6.20 Å². The van der Waals surface area contributed by atoms with Crippen LogP contribution in [0.2, 0.25) is 0 Å². The molecule has 1 aromatic rings. The van der Waals surface area contributed by atoms with Crippen molar-refractivity contribution in [3.05, 3.63) is 16.3 Å². The zero-order valence-corrected chi connectivity index (χ0v) is 9.14. The van der Waals surface area contributed by atoms with Crippen LogP contribution < -0.4 is 10.6 Å². The first-order valence-electron chi connectivity index (χ1n) is 5.29. The molecule has 1 atom stereocenters. The van der Waals surface area contributed by atoms with Crippen molar-refractivity contribution >= 4 is 11.5 Å². The maximum absolute atomic E-state index is 10.7. The quantitative estimate of drug-likeness (QED) is 0.570. The molecule has 16 heavy (non-hydrogen) atoms. The Labute approximate surface area is 93.0 Å². The largest absolute Gasteiger partial charge is 0.363 e. The zero-order chi connectivity index (χ0) is 11.5. The molecule has 1 aliphatic rings. The summed E-state index contributed by atoms with van der Waals surface area (Å²) in [5, 5.41) is 21.1. The van der Waals surface area contributed by atoms with Gasteiger partial charge in [-0.25, -0.2) is 0 Å². The SMILES string of the molecule is Cn1cc([N+](=O)[O-])c(NCC2CCNC2)n1. The molecule has 1 fully saturated rings. The molecule has 2 heterocycles. The molecule has 0 bridgehead atoms. The van der Waals surface area contributed by atoms with Gasteiger partial charge in [-0.1, -0.05) is 0 Å². The highest BCUT2D eigenvalue weighted by Gasteiger charge is 2.20. The summed E-state index contributed by atoms with van der Waals surface area (Å²) >= 11 is 0. The number of hydrogen-bond donors (Lipinski definition) is 2. The minimum absolute atomic E-state index is 0.0356. The Morgan fingerprint density at radius 2 is 2.62 bits per heavy atom. The van der Waals surface area contributed by atoms with Crippen LogP contribution in [0.25, 0.3) is 0 Å². The maximum atomic E-state index is 10.7. The highest BCUT2D eigenvalue weighted by molar-refractivity contribution is 5.54. The lowest BCUT2D eigenvalue weighted by atomic mass is 10.1. The third-order valence-electron chi connectivity index (χ3n) is 2.73. The first-order valence-corrected chi connectivity index (χ1v) is 5.29. The first-order chi connectivity index (χ1) is 7.66. The van der Waals surface area contributed by atoms with E-state index in [4.69, 9.17) is 0 Å². The van der Waals surface area contributed by atoms with Crippen molar-refractivity contribution < 1.29 is 4.92 Å². The molecule has 0 radical (unpaired) electrons. The third-order valence-corrected chi connectivity index (χ3v) is 2.73. The van der Waals surface area contributed by atoms with Crippen LogP contribution in [-0.4, -0.2) is 34.3 Å². The van der Waals surface area contributed by atoms with Crippen LogP contribution in [0.15, 0.2) is 6.20 Å². The number of nitro groups is 1. The second-order valence-electron chi connectivity index (χ2n) is 4.03. The second-order valence-corrected chi connectivity index (χ2v) is 4.03. The summed E-state index contributed by atoms with van der Waals surface area (Å²) in [4.78, 5) is 10.3. The van der Waals surface area contributed by atoms with Crippen molar-refractivity contribution in [2.45, 2.75) is 6.42 Å². The molecular weight excluding hydrogens is 210 g/mol. The van der Waals surface area contributed by atoms with Gasteiger partial charge in [-0.3, -0.25) is 14.8 Å². The number of aryl methyl sites for hydroxylation is 1. The summed E-state index contributed by atoms with van der Waals surface area (Å²) < 4.78 is 1.45. The van der Waals surface area contributed by atoms with E-state index in [9.17, 15) is 10.1 Å². The molecule has 0 saturated carbocycles. The molecule has 88 valence electrons. The van der Waals surface area contributed by atoms with Gasteiger partial charge < -0.3 is 10.6 Å². The average molecular weight is 225 g/mol. The molecule has 0 aromatic carbocycles. The molecular formula is C9H15N5O2. The molecule has 1 unspecified atom stereocenters. The number of rotatable bonds is 4. The monoisotopic (exact) mass is 225 g/mol. The molecule has 1 aromatic heterocycles. The zero-order valence-electron chi connectivity index (χ0n) is 9.14. The highest BCUT2D eigenvalue weighted by atomic mass is 16.6. The van der Waals surface area contributed by atoms with Crippen molar-refractivity contribution in [3.8, 4) is 0 Å². The number of hydrogen-bond acceptors (Lipinski definition) is 5. The maximum Gasteiger partial charge on any atom is 0.330 e. The molecule has 0 amide bonds. The van der Waals surface area contributed by atoms with Gasteiger partial charge >= 0.3 is 5.69 Å². The number of nitrogens with one attached hydrogen (secondary N) is 2. The standard InChI is InChI=1S/C9H15N5O2/c1-13-6-8(14(15)16)9(12-13)11-5-7-2-3-10-4-7/h6-7,10H,2-5H2,1H3,(H,11,12). The number of nitrogens with zero attached hydrogens (tertiary/aromatic N) is 3. The summed E-state index contributed by atoms with van der Waals surface area (Å²) in [6.45, 7) is 2.72. The Hall–Kier alpha value is -1.63. The average Bonchev–Trinajstić information content (AvgIpc) is 2.83. The van der Waals surface area contributed by atoms with Gasteiger partial charge in [-0.2, -0.15) is 0 Å². The van der Waals surface area contributed by atoms with E-state index in [0.717, 1.165) is 26.1 Å². The Kier molecular flexibility index (Phi) is 3.04. The van der Waals surface area contributed by atoms with Crippen LogP contribution in [0.4, 0.5) is 11.5 Å².